The molecule has 1 aromatic heterocycles. The maximum absolute atomic E-state index is 13.3. The van der Waals surface area contributed by atoms with Crippen molar-refractivity contribution in [3.63, 3.8) is 0 Å². The number of H-pyrrole nitrogens is 1. The van der Waals surface area contributed by atoms with Crippen LogP contribution in [0.3, 0.4) is 0 Å². The number of rotatable bonds is 3. The number of aromatic nitrogens is 2. The molecule has 0 aliphatic heterocycles. The van der Waals surface area contributed by atoms with Crippen molar-refractivity contribution in [2.75, 3.05) is 5.32 Å². The van der Waals surface area contributed by atoms with Gasteiger partial charge in [0.1, 0.15) is 0 Å². The second-order valence-corrected chi connectivity index (χ2v) is 4.38. The van der Waals surface area contributed by atoms with Crippen LogP contribution in [0.5, 0.6) is 0 Å². The molecule has 3 N–H and O–H groups in total. The Bertz CT molecular complexity index is 721. The molecule has 0 atom stereocenters. The van der Waals surface area contributed by atoms with Gasteiger partial charge in [-0.05, 0) is 26.0 Å². The summed E-state index contributed by atoms with van der Waals surface area (Å²) in [6.45, 7) is 3.28. The number of hydrogen-bond donors (Lipinski definition) is 3. The fraction of sp³-hybridized carbons (Fsp3) is 0.154. The van der Waals surface area contributed by atoms with Crippen LogP contribution < -0.4 is 5.32 Å². The van der Waals surface area contributed by atoms with E-state index < -0.39 is 34.6 Å². The van der Waals surface area contributed by atoms with Crippen LogP contribution in [-0.4, -0.2) is 27.2 Å². The Labute approximate surface area is 117 Å². The van der Waals surface area contributed by atoms with E-state index in [9.17, 15) is 18.4 Å². The maximum atomic E-state index is 13.3. The highest BCUT2D eigenvalue weighted by molar-refractivity contribution is 6.11. The first-order valence-electron chi connectivity index (χ1n) is 5.86. The summed E-state index contributed by atoms with van der Waals surface area (Å²) in [6, 6.07) is 1.03. The molecule has 0 fully saturated rings. The van der Waals surface area contributed by atoms with Crippen molar-refractivity contribution >= 4 is 17.6 Å². The molecule has 21 heavy (non-hydrogen) atoms. The second kappa shape index (κ2) is 5.31. The minimum absolute atomic E-state index is 0.362. The van der Waals surface area contributed by atoms with Crippen LogP contribution in [-0.2, 0) is 0 Å². The Morgan fingerprint density at radius 3 is 2.24 bits per heavy atom. The normalized spacial score (nSPS) is 10.5. The Balaban J connectivity index is 2.44. The zero-order valence-corrected chi connectivity index (χ0v) is 11.1. The summed E-state index contributed by atoms with van der Waals surface area (Å²) in [4.78, 5) is 23.1. The molecule has 2 rings (SSSR count). The summed E-state index contributed by atoms with van der Waals surface area (Å²) in [5.41, 5.74) is 0.313. The number of benzene rings is 1. The number of halogens is 2. The molecule has 0 unspecified atom stereocenters. The first-order chi connectivity index (χ1) is 9.81. The number of carboxylic acid groups (broad SMARTS) is 1. The number of amides is 1. The molecular formula is C13H11F2N3O3. The number of carbonyl (C=O) groups is 2. The van der Waals surface area contributed by atoms with Crippen LogP contribution in [0.2, 0.25) is 0 Å². The van der Waals surface area contributed by atoms with Crippen LogP contribution in [0.15, 0.2) is 12.1 Å². The average molecular weight is 295 g/mol. The lowest BCUT2D eigenvalue weighted by Gasteiger charge is -2.08. The molecule has 0 bridgehead atoms. The lowest BCUT2D eigenvalue weighted by atomic mass is 10.1. The van der Waals surface area contributed by atoms with Gasteiger partial charge in [0.05, 0.1) is 28.2 Å². The third-order valence-electron chi connectivity index (χ3n) is 2.90. The molecule has 6 nitrogen and oxygen atoms in total. The molecule has 8 heteroatoms. The molecule has 1 heterocycles. The van der Waals surface area contributed by atoms with Crippen molar-refractivity contribution in [3.8, 4) is 0 Å². The Kier molecular flexibility index (Phi) is 3.70. The standard InChI is InChI=1S/C13H11F2N3O3/c1-5-11(6(2)18-17-5)16-12(19)7-3-9(14)10(15)4-8(7)13(20)21/h3-4H,1-2H3,(H,16,19)(H,17,18)(H,20,21). The number of nitrogens with zero attached hydrogens (tertiary/aromatic N) is 1. The van der Waals surface area contributed by atoms with Crippen LogP contribution in [0, 0.1) is 25.5 Å². The molecule has 1 aromatic carbocycles. The molecule has 0 saturated heterocycles. The predicted molar refractivity (Wildman–Crippen MR) is 69.3 cm³/mol. The summed E-state index contributed by atoms with van der Waals surface area (Å²) < 4.78 is 26.4. The fourth-order valence-electron chi connectivity index (χ4n) is 1.83. The summed E-state index contributed by atoms with van der Waals surface area (Å²) in [5.74, 6) is -5.02. The molecule has 1 amide bonds. The topological polar surface area (TPSA) is 95.1 Å². The maximum Gasteiger partial charge on any atom is 0.336 e. The summed E-state index contributed by atoms with van der Waals surface area (Å²) in [6.07, 6.45) is 0. The lowest BCUT2D eigenvalue weighted by molar-refractivity contribution is 0.0691. The van der Waals surface area contributed by atoms with Crippen LogP contribution in [0.25, 0.3) is 0 Å². The quantitative estimate of drug-likeness (QED) is 0.809. The Morgan fingerprint density at radius 2 is 1.76 bits per heavy atom. The van der Waals surface area contributed by atoms with Crippen molar-refractivity contribution in [2.45, 2.75) is 13.8 Å². The summed E-state index contributed by atoms with van der Waals surface area (Å²) in [5, 5.41) is 17.9. The molecule has 0 spiro atoms. The van der Waals surface area contributed by atoms with E-state index in [0.717, 1.165) is 0 Å². The number of aromatic carboxylic acids is 1. The molecule has 110 valence electrons. The third kappa shape index (κ3) is 2.73. The van der Waals surface area contributed by atoms with Gasteiger partial charge in [-0.15, -0.1) is 0 Å². The second-order valence-electron chi connectivity index (χ2n) is 4.38. The molecule has 0 saturated carbocycles. The van der Waals surface area contributed by atoms with Gasteiger partial charge in [-0.3, -0.25) is 9.89 Å². The van der Waals surface area contributed by atoms with Crippen molar-refractivity contribution in [1.29, 1.82) is 0 Å². The van der Waals surface area contributed by atoms with E-state index in [1.165, 1.54) is 0 Å². The van der Waals surface area contributed by atoms with E-state index in [4.69, 9.17) is 5.11 Å². The predicted octanol–water partition coefficient (Wildman–Crippen LogP) is 2.26. The number of carbonyl (C=O) groups excluding carboxylic acids is 1. The third-order valence-corrected chi connectivity index (χ3v) is 2.90. The van der Waals surface area contributed by atoms with E-state index >= 15 is 0 Å². The number of carboxylic acids is 1. The molecule has 0 radical (unpaired) electrons. The SMILES string of the molecule is Cc1n[nH]c(C)c1NC(=O)c1cc(F)c(F)cc1C(=O)O. The minimum Gasteiger partial charge on any atom is -0.478 e. The van der Waals surface area contributed by atoms with E-state index in [-0.39, 0.29) is 0 Å². The zero-order valence-electron chi connectivity index (χ0n) is 11.1. The Morgan fingerprint density at radius 1 is 1.19 bits per heavy atom. The molecule has 2 aromatic rings. The van der Waals surface area contributed by atoms with E-state index in [0.29, 0.717) is 29.2 Å². The first-order valence-corrected chi connectivity index (χ1v) is 5.86. The monoisotopic (exact) mass is 295 g/mol. The fourth-order valence-corrected chi connectivity index (χ4v) is 1.83. The van der Waals surface area contributed by atoms with Crippen LogP contribution in [0.4, 0.5) is 14.5 Å². The van der Waals surface area contributed by atoms with E-state index in [1.54, 1.807) is 13.8 Å². The zero-order chi connectivity index (χ0) is 15.7. The molecular weight excluding hydrogens is 284 g/mol. The van der Waals surface area contributed by atoms with Crippen molar-refractivity contribution in [1.82, 2.24) is 10.2 Å². The number of nitrogens with one attached hydrogen (secondary N) is 2. The molecule has 0 aliphatic rings. The van der Waals surface area contributed by atoms with Gasteiger partial charge < -0.3 is 10.4 Å². The Hall–Kier alpha value is -2.77. The van der Waals surface area contributed by atoms with Gasteiger partial charge in [-0.1, -0.05) is 0 Å². The number of anilines is 1. The number of aryl methyl sites for hydroxylation is 2. The molecule has 0 aliphatic carbocycles. The highest BCUT2D eigenvalue weighted by Crippen LogP contribution is 2.20. The highest BCUT2D eigenvalue weighted by Gasteiger charge is 2.21. The van der Waals surface area contributed by atoms with Gasteiger partial charge in [0, 0.05) is 0 Å². The van der Waals surface area contributed by atoms with Gasteiger partial charge in [0.15, 0.2) is 11.6 Å². The largest absolute Gasteiger partial charge is 0.478 e. The number of aromatic amines is 1. The first kappa shape index (κ1) is 14.6. The van der Waals surface area contributed by atoms with Gasteiger partial charge in [-0.25, -0.2) is 13.6 Å². The van der Waals surface area contributed by atoms with Gasteiger partial charge in [-0.2, -0.15) is 5.10 Å². The van der Waals surface area contributed by atoms with E-state index in [1.807, 2.05) is 0 Å². The van der Waals surface area contributed by atoms with Crippen molar-refractivity contribution in [2.24, 2.45) is 0 Å². The van der Waals surface area contributed by atoms with Crippen LogP contribution >= 0.6 is 0 Å². The minimum atomic E-state index is -1.53. The van der Waals surface area contributed by atoms with Crippen molar-refractivity contribution < 1.29 is 23.5 Å². The van der Waals surface area contributed by atoms with Crippen molar-refractivity contribution in [3.05, 3.63) is 46.3 Å². The van der Waals surface area contributed by atoms with Gasteiger partial charge in [0.25, 0.3) is 5.91 Å². The average Bonchev–Trinajstić information content (AvgIpc) is 2.72. The summed E-state index contributed by atoms with van der Waals surface area (Å²) >= 11 is 0. The van der Waals surface area contributed by atoms with Gasteiger partial charge >= 0.3 is 5.97 Å². The van der Waals surface area contributed by atoms with E-state index in [2.05, 4.69) is 15.5 Å². The van der Waals surface area contributed by atoms with Gasteiger partial charge in [0.2, 0.25) is 0 Å². The lowest BCUT2D eigenvalue weighted by Crippen LogP contribution is -2.18. The smallest absolute Gasteiger partial charge is 0.336 e. The van der Waals surface area contributed by atoms with Crippen LogP contribution in [0.1, 0.15) is 32.1 Å². The highest BCUT2D eigenvalue weighted by atomic mass is 19.2. The summed E-state index contributed by atoms with van der Waals surface area (Å²) in [7, 11) is 0. The number of hydrogen-bond acceptors (Lipinski definition) is 3.